The van der Waals surface area contributed by atoms with E-state index in [-0.39, 0.29) is 0 Å². The average Bonchev–Trinajstić information content (AvgIpc) is 2.31. The fourth-order valence-electron chi connectivity index (χ4n) is 1.37. The van der Waals surface area contributed by atoms with E-state index in [0.717, 1.165) is 11.9 Å². The zero-order valence-electron chi connectivity index (χ0n) is 10.5. The molecule has 0 saturated carbocycles. The average molecular weight is 229 g/mol. The van der Waals surface area contributed by atoms with Gasteiger partial charge in [-0.3, -0.25) is 9.79 Å². The maximum absolute atomic E-state index is 10.9. The Kier molecular flexibility index (Phi) is 8.21. The van der Waals surface area contributed by atoms with Gasteiger partial charge in [-0.2, -0.15) is 0 Å². The van der Waals surface area contributed by atoms with Gasteiger partial charge in [0.25, 0.3) is 0 Å². The van der Waals surface area contributed by atoms with E-state index in [1.807, 2.05) is 32.1 Å². The van der Waals surface area contributed by atoms with Crippen LogP contribution in [0.4, 0.5) is 0 Å². The molecule has 2 heteroatoms. The molecular weight excluding hydrogens is 210 g/mol. The molecule has 17 heavy (non-hydrogen) atoms. The van der Waals surface area contributed by atoms with Crippen molar-refractivity contribution >= 4 is 12.0 Å². The van der Waals surface area contributed by atoms with Crippen LogP contribution in [0.25, 0.3) is 0 Å². The summed E-state index contributed by atoms with van der Waals surface area (Å²) in [5.41, 5.74) is 2.34. The maximum atomic E-state index is 10.9. The molecule has 0 aromatic heterocycles. The van der Waals surface area contributed by atoms with Crippen LogP contribution in [0, 0.1) is 0 Å². The quantitative estimate of drug-likeness (QED) is 0.282. The molecule has 0 bridgehead atoms. The van der Waals surface area contributed by atoms with E-state index in [2.05, 4.69) is 18.2 Å². The normalized spacial score (nSPS) is 13.9. The Morgan fingerprint density at radius 3 is 2.41 bits per heavy atom. The molecule has 0 atom stereocenters. The summed E-state index contributed by atoms with van der Waals surface area (Å²) in [6.07, 6.45) is 12.1. The highest BCUT2D eigenvalue weighted by Crippen LogP contribution is 2.11. The number of aldehydes is 1. The molecule has 0 spiro atoms. The van der Waals surface area contributed by atoms with Crippen molar-refractivity contribution in [2.24, 2.45) is 4.99 Å². The molecule has 0 aliphatic heterocycles. The molecule has 0 aliphatic carbocycles. The Balaban J connectivity index is 5.18. The zero-order valence-corrected chi connectivity index (χ0v) is 10.5. The van der Waals surface area contributed by atoms with E-state index in [0.29, 0.717) is 17.7 Å². The number of nitrogens with zero attached hydrogens (tertiary/aromatic N) is 1. The SMILES string of the molecule is C=C/C=C(\C=C/C)CC(=NC=C)/C(C=O)=C\C. The predicted octanol–water partition coefficient (Wildman–Crippen LogP) is 3.79. The van der Waals surface area contributed by atoms with Gasteiger partial charge in [0.05, 0.1) is 5.71 Å². The summed E-state index contributed by atoms with van der Waals surface area (Å²) in [5.74, 6) is 0. The minimum Gasteiger partial charge on any atom is -0.298 e. The van der Waals surface area contributed by atoms with Gasteiger partial charge in [0.15, 0.2) is 6.29 Å². The number of hydrogen-bond donors (Lipinski definition) is 0. The Labute approximate surface area is 103 Å². The Bertz CT molecular complexity index is 395. The number of rotatable bonds is 7. The second-order valence-corrected chi connectivity index (χ2v) is 3.27. The van der Waals surface area contributed by atoms with Crippen LogP contribution in [0.15, 0.2) is 65.9 Å². The molecule has 0 amide bonds. The van der Waals surface area contributed by atoms with E-state index in [4.69, 9.17) is 0 Å². The van der Waals surface area contributed by atoms with Crippen molar-refractivity contribution in [2.75, 3.05) is 0 Å². The van der Waals surface area contributed by atoms with Gasteiger partial charge in [-0.25, -0.2) is 0 Å². The first-order valence-electron chi connectivity index (χ1n) is 5.47. The summed E-state index contributed by atoms with van der Waals surface area (Å²) < 4.78 is 0. The largest absolute Gasteiger partial charge is 0.298 e. The molecule has 0 aromatic rings. The molecule has 0 fully saturated rings. The van der Waals surface area contributed by atoms with E-state index < -0.39 is 0 Å². The van der Waals surface area contributed by atoms with Gasteiger partial charge in [0.1, 0.15) is 0 Å². The van der Waals surface area contributed by atoms with Crippen molar-refractivity contribution < 1.29 is 4.79 Å². The number of carbonyl (C=O) groups is 1. The molecule has 0 heterocycles. The molecule has 0 aliphatic rings. The van der Waals surface area contributed by atoms with E-state index in [1.165, 1.54) is 6.20 Å². The molecule has 0 saturated heterocycles. The van der Waals surface area contributed by atoms with Gasteiger partial charge in [-0.05, 0) is 19.4 Å². The summed E-state index contributed by atoms with van der Waals surface area (Å²) in [6.45, 7) is 11.0. The lowest BCUT2D eigenvalue weighted by molar-refractivity contribution is -0.104. The van der Waals surface area contributed by atoms with Gasteiger partial charge < -0.3 is 0 Å². The summed E-state index contributed by atoms with van der Waals surface area (Å²) in [5, 5.41) is 0. The first-order chi connectivity index (χ1) is 8.23. The van der Waals surface area contributed by atoms with Crippen LogP contribution in [0.2, 0.25) is 0 Å². The number of aliphatic imine (C=N–C) groups is 1. The summed E-state index contributed by atoms with van der Waals surface area (Å²) in [6, 6.07) is 0. The second-order valence-electron chi connectivity index (χ2n) is 3.27. The van der Waals surface area contributed by atoms with Gasteiger partial charge >= 0.3 is 0 Å². The molecular formula is C15H19NO. The highest BCUT2D eigenvalue weighted by atomic mass is 16.1. The first-order valence-corrected chi connectivity index (χ1v) is 5.47. The first kappa shape index (κ1) is 15.0. The Hall–Kier alpha value is -1.96. The molecule has 0 rings (SSSR count). The smallest absolute Gasteiger partial charge is 0.151 e. The molecule has 2 nitrogen and oxygen atoms in total. The van der Waals surface area contributed by atoms with Crippen LogP contribution < -0.4 is 0 Å². The van der Waals surface area contributed by atoms with Gasteiger partial charge in [-0.1, -0.05) is 43.5 Å². The molecule has 90 valence electrons. The Morgan fingerprint density at radius 1 is 1.29 bits per heavy atom. The van der Waals surface area contributed by atoms with Crippen LogP contribution in [0.1, 0.15) is 20.3 Å². The molecule has 0 N–H and O–H groups in total. The highest BCUT2D eigenvalue weighted by molar-refractivity contribution is 6.15. The van der Waals surface area contributed by atoms with Crippen LogP contribution in [0.3, 0.4) is 0 Å². The maximum Gasteiger partial charge on any atom is 0.151 e. The van der Waals surface area contributed by atoms with Crippen LogP contribution in [0.5, 0.6) is 0 Å². The Morgan fingerprint density at radius 2 is 2.00 bits per heavy atom. The van der Waals surface area contributed by atoms with Crippen molar-refractivity contribution in [3.63, 3.8) is 0 Å². The lowest BCUT2D eigenvalue weighted by Crippen LogP contribution is -2.05. The number of hydrogen-bond acceptors (Lipinski definition) is 2. The minimum atomic E-state index is 0.584. The van der Waals surface area contributed by atoms with Crippen molar-refractivity contribution in [2.45, 2.75) is 20.3 Å². The summed E-state index contributed by atoms with van der Waals surface area (Å²) in [4.78, 5) is 15.1. The third-order valence-corrected chi connectivity index (χ3v) is 2.10. The van der Waals surface area contributed by atoms with E-state index in [9.17, 15) is 4.79 Å². The number of carbonyl (C=O) groups excluding carboxylic acids is 1. The lowest BCUT2D eigenvalue weighted by atomic mass is 10.0. The summed E-state index contributed by atoms with van der Waals surface area (Å²) >= 11 is 0. The van der Waals surface area contributed by atoms with Gasteiger partial charge in [0, 0.05) is 18.2 Å². The van der Waals surface area contributed by atoms with E-state index >= 15 is 0 Å². The predicted molar refractivity (Wildman–Crippen MR) is 75.2 cm³/mol. The van der Waals surface area contributed by atoms with Crippen molar-refractivity contribution in [1.29, 1.82) is 0 Å². The molecule has 0 unspecified atom stereocenters. The van der Waals surface area contributed by atoms with Crippen LogP contribution in [-0.2, 0) is 4.79 Å². The summed E-state index contributed by atoms with van der Waals surface area (Å²) in [7, 11) is 0. The second kappa shape index (κ2) is 9.28. The third-order valence-electron chi connectivity index (χ3n) is 2.10. The standard InChI is InChI=1S/C15H19NO/c1-5-9-13(10-6-2)11-15(16-8-4)14(7-3)12-17/h5-10,12H,1,4,11H2,2-3H3/b10-6-,13-9+,14-7-,16-15?. The third kappa shape index (κ3) is 5.61. The van der Waals surface area contributed by atoms with Gasteiger partial charge in [0.2, 0.25) is 0 Å². The molecule has 0 radical (unpaired) electrons. The highest BCUT2D eigenvalue weighted by Gasteiger charge is 2.06. The lowest BCUT2D eigenvalue weighted by Gasteiger charge is -2.05. The van der Waals surface area contributed by atoms with Crippen molar-refractivity contribution in [1.82, 2.24) is 0 Å². The topological polar surface area (TPSA) is 29.4 Å². The fraction of sp³-hybridized carbons (Fsp3) is 0.200. The zero-order chi connectivity index (χ0) is 13.1. The number of allylic oxidation sites excluding steroid dienone is 7. The minimum absolute atomic E-state index is 0.584. The molecule has 0 aromatic carbocycles. The van der Waals surface area contributed by atoms with Crippen LogP contribution in [-0.4, -0.2) is 12.0 Å². The van der Waals surface area contributed by atoms with Crippen molar-refractivity contribution in [3.8, 4) is 0 Å². The van der Waals surface area contributed by atoms with Crippen LogP contribution >= 0.6 is 0 Å². The van der Waals surface area contributed by atoms with Gasteiger partial charge in [-0.15, -0.1) is 0 Å². The van der Waals surface area contributed by atoms with E-state index in [1.54, 1.807) is 12.2 Å². The fourth-order valence-corrected chi connectivity index (χ4v) is 1.37. The van der Waals surface area contributed by atoms with Crippen molar-refractivity contribution in [3.05, 3.63) is 60.9 Å². The monoisotopic (exact) mass is 229 g/mol.